The third kappa shape index (κ3) is 5.12. The van der Waals surface area contributed by atoms with Crippen molar-refractivity contribution < 1.29 is 27.5 Å². The molecule has 0 bridgehead atoms. The van der Waals surface area contributed by atoms with Crippen LogP contribution < -0.4 is 14.8 Å². The Bertz CT molecular complexity index is 793. The van der Waals surface area contributed by atoms with Gasteiger partial charge in [0.2, 0.25) is 11.8 Å². The lowest BCUT2D eigenvalue weighted by atomic mass is 10.1. The third-order valence-corrected chi connectivity index (χ3v) is 6.62. The predicted molar refractivity (Wildman–Crippen MR) is 98.4 cm³/mol. The molecule has 0 saturated carbocycles. The molecule has 0 aliphatic carbocycles. The Morgan fingerprint density at radius 2 is 1.96 bits per heavy atom. The summed E-state index contributed by atoms with van der Waals surface area (Å²) in [4.78, 5) is 26.1. The van der Waals surface area contributed by atoms with Crippen molar-refractivity contribution in [2.75, 3.05) is 38.3 Å². The molecule has 2 unspecified atom stereocenters. The van der Waals surface area contributed by atoms with E-state index < -0.39 is 15.8 Å². The lowest BCUT2D eigenvalue weighted by Gasteiger charge is -2.18. The molecular formula is C18H24N2O6S. The van der Waals surface area contributed by atoms with Crippen LogP contribution in [0.5, 0.6) is 11.5 Å². The zero-order chi connectivity index (χ0) is 19.4. The molecule has 148 valence electrons. The maximum absolute atomic E-state index is 12.3. The Morgan fingerprint density at radius 3 is 2.59 bits per heavy atom. The molecule has 8 nitrogen and oxygen atoms in total. The van der Waals surface area contributed by atoms with Gasteiger partial charge >= 0.3 is 0 Å². The molecule has 1 N–H and O–H groups in total. The number of nitrogens with one attached hydrogen (secondary N) is 1. The minimum Gasteiger partial charge on any atom is -0.497 e. The molecule has 0 aromatic heterocycles. The van der Waals surface area contributed by atoms with Gasteiger partial charge in [0, 0.05) is 19.0 Å². The Kier molecular flexibility index (Phi) is 5.88. The fourth-order valence-electron chi connectivity index (χ4n) is 3.34. The van der Waals surface area contributed by atoms with Crippen molar-refractivity contribution in [1.29, 1.82) is 0 Å². The summed E-state index contributed by atoms with van der Waals surface area (Å²) in [6, 6.07) is 6.82. The Hall–Kier alpha value is -2.29. The highest BCUT2D eigenvalue weighted by molar-refractivity contribution is 7.91. The van der Waals surface area contributed by atoms with Crippen molar-refractivity contribution in [3.8, 4) is 11.5 Å². The van der Waals surface area contributed by atoms with E-state index in [9.17, 15) is 18.0 Å². The van der Waals surface area contributed by atoms with E-state index in [1.807, 2.05) is 0 Å². The predicted octanol–water partition coefficient (Wildman–Crippen LogP) is 0.226. The molecule has 2 amide bonds. The number of benzene rings is 1. The molecule has 0 radical (unpaired) electrons. The van der Waals surface area contributed by atoms with Gasteiger partial charge < -0.3 is 19.7 Å². The van der Waals surface area contributed by atoms with E-state index in [0.29, 0.717) is 31.9 Å². The lowest BCUT2D eigenvalue weighted by Crippen LogP contribution is -2.40. The van der Waals surface area contributed by atoms with Crippen molar-refractivity contribution in [2.24, 2.45) is 5.92 Å². The zero-order valence-corrected chi connectivity index (χ0v) is 16.0. The van der Waals surface area contributed by atoms with Crippen LogP contribution in [0.3, 0.4) is 0 Å². The lowest BCUT2D eigenvalue weighted by molar-refractivity contribution is -0.129. The molecule has 9 heteroatoms. The van der Waals surface area contributed by atoms with E-state index >= 15 is 0 Å². The first-order valence-corrected chi connectivity index (χ1v) is 10.7. The average Bonchev–Trinajstić information content (AvgIpc) is 3.17. The Morgan fingerprint density at radius 1 is 1.26 bits per heavy atom. The molecule has 0 spiro atoms. The number of amides is 2. The number of hydrogen-bond donors (Lipinski definition) is 1. The monoisotopic (exact) mass is 396 g/mol. The van der Waals surface area contributed by atoms with Crippen molar-refractivity contribution in [3.63, 3.8) is 0 Å². The summed E-state index contributed by atoms with van der Waals surface area (Å²) in [5.74, 6) is 0.730. The van der Waals surface area contributed by atoms with Gasteiger partial charge in [-0.25, -0.2) is 8.42 Å². The fraction of sp³-hybridized carbons (Fsp3) is 0.556. The van der Waals surface area contributed by atoms with Crippen LogP contribution in [0.4, 0.5) is 0 Å². The van der Waals surface area contributed by atoms with Gasteiger partial charge in [0.15, 0.2) is 9.84 Å². The molecule has 2 heterocycles. The van der Waals surface area contributed by atoms with Crippen LogP contribution in [-0.4, -0.2) is 69.5 Å². The maximum atomic E-state index is 12.3. The zero-order valence-electron chi connectivity index (χ0n) is 15.2. The first-order chi connectivity index (χ1) is 12.9. The summed E-state index contributed by atoms with van der Waals surface area (Å²) in [6.45, 7) is 1.05. The van der Waals surface area contributed by atoms with Gasteiger partial charge in [-0.1, -0.05) is 0 Å². The SMILES string of the molecule is COc1ccc(OCCN2CC(C(=O)NC3CCS(=O)(=O)C3)CC2=O)cc1. The molecule has 2 atom stereocenters. The first kappa shape index (κ1) is 19.5. The summed E-state index contributed by atoms with van der Waals surface area (Å²) < 4.78 is 33.7. The van der Waals surface area contributed by atoms with Gasteiger partial charge in [0.05, 0.1) is 31.1 Å². The van der Waals surface area contributed by atoms with Gasteiger partial charge in [-0.2, -0.15) is 0 Å². The second-order valence-electron chi connectivity index (χ2n) is 6.87. The van der Waals surface area contributed by atoms with Crippen LogP contribution in [-0.2, 0) is 19.4 Å². The van der Waals surface area contributed by atoms with Crippen LogP contribution in [0, 0.1) is 5.92 Å². The second kappa shape index (κ2) is 8.16. The molecule has 2 aliphatic rings. The van der Waals surface area contributed by atoms with Crippen molar-refractivity contribution in [2.45, 2.75) is 18.9 Å². The molecule has 27 heavy (non-hydrogen) atoms. The van der Waals surface area contributed by atoms with Crippen LogP contribution in [0.15, 0.2) is 24.3 Å². The summed E-state index contributed by atoms with van der Waals surface area (Å²) in [5, 5.41) is 2.77. The molecule has 2 saturated heterocycles. The number of sulfone groups is 1. The number of carbonyl (C=O) groups excluding carboxylic acids is 2. The molecule has 3 rings (SSSR count). The number of nitrogens with zero attached hydrogens (tertiary/aromatic N) is 1. The van der Waals surface area contributed by atoms with E-state index in [2.05, 4.69) is 5.32 Å². The number of carbonyl (C=O) groups is 2. The number of likely N-dealkylation sites (tertiary alicyclic amines) is 1. The topological polar surface area (TPSA) is 102 Å². The van der Waals surface area contributed by atoms with Crippen molar-refractivity contribution in [3.05, 3.63) is 24.3 Å². The van der Waals surface area contributed by atoms with E-state index in [-0.39, 0.29) is 35.8 Å². The molecule has 2 aliphatic heterocycles. The van der Waals surface area contributed by atoms with Crippen LogP contribution in [0.1, 0.15) is 12.8 Å². The van der Waals surface area contributed by atoms with Crippen molar-refractivity contribution in [1.82, 2.24) is 10.2 Å². The van der Waals surface area contributed by atoms with Gasteiger partial charge in [-0.3, -0.25) is 9.59 Å². The van der Waals surface area contributed by atoms with Gasteiger partial charge in [0.25, 0.3) is 0 Å². The normalized spacial score (nSPS) is 24.0. The number of ether oxygens (including phenoxy) is 2. The Labute approximate surface area is 158 Å². The highest BCUT2D eigenvalue weighted by Crippen LogP contribution is 2.20. The largest absolute Gasteiger partial charge is 0.497 e. The number of hydrogen-bond acceptors (Lipinski definition) is 6. The minimum absolute atomic E-state index is 0.0151. The van der Waals surface area contributed by atoms with Gasteiger partial charge in [0.1, 0.15) is 18.1 Å². The highest BCUT2D eigenvalue weighted by Gasteiger charge is 2.36. The second-order valence-corrected chi connectivity index (χ2v) is 9.10. The van der Waals surface area contributed by atoms with E-state index in [1.165, 1.54) is 0 Å². The van der Waals surface area contributed by atoms with Crippen LogP contribution >= 0.6 is 0 Å². The fourth-order valence-corrected chi connectivity index (χ4v) is 5.01. The Balaban J connectivity index is 1.43. The molecule has 1 aromatic carbocycles. The smallest absolute Gasteiger partial charge is 0.225 e. The summed E-state index contributed by atoms with van der Waals surface area (Å²) in [6.07, 6.45) is 0.585. The van der Waals surface area contributed by atoms with E-state index in [1.54, 1.807) is 36.3 Å². The summed E-state index contributed by atoms with van der Waals surface area (Å²) in [5.41, 5.74) is 0. The quantitative estimate of drug-likeness (QED) is 0.708. The maximum Gasteiger partial charge on any atom is 0.225 e. The molecular weight excluding hydrogens is 372 g/mol. The van der Waals surface area contributed by atoms with Gasteiger partial charge in [-0.05, 0) is 30.7 Å². The standard InChI is InChI=1S/C18H24N2O6S/c1-25-15-2-4-16(5-3-15)26-8-7-20-11-13(10-17(20)21)18(22)19-14-6-9-27(23,24)12-14/h2-5,13-14H,6-12H2,1H3,(H,19,22). The third-order valence-electron chi connectivity index (χ3n) is 4.85. The van der Waals surface area contributed by atoms with Crippen LogP contribution in [0.2, 0.25) is 0 Å². The summed E-state index contributed by atoms with van der Waals surface area (Å²) in [7, 11) is -1.46. The highest BCUT2D eigenvalue weighted by atomic mass is 32.2. The minimum atomic E-state index is -3.05. The first-order valence-electron chi connectivity index (χ1n) is 8.92. The van der Waals surface area contributed by atoms with Crippen molar-refractivity contribution >= 4 is 21.7 Å². The average molecular weight is 396 g/mol. The van der Waals surface area contributed by atoms with E-state index in [4.69, 9.17) is 9.47 Å². The summed E-state index contributed by atoms with van der Waals surface area (Å²) >= 11 is 0. The molecule has 1 aromatic rings. The van der Waals surface area contributed by atoms with Crippen LogP contribution in [0.25, 0.3) is 0 Å². The number of methoxy groups -OCH3 is 1. The van der Waals surface area contributed by atoms with E-state index in [0.717, 1.165) is 5.75 Å². The number of rotatable bonds is 7. The van der Waals surface area contributed by atoms with Gasteiger partial charge in [-0.15, -0.1) is 0 Å². The molecule has 2 fully saturated rings.